The van der Waals surface area contributed by atoms with E-state index in [1.54, 1.807) is 41.5 Å². The summed E-state index contributed by atoms with van der Waals surface area (Å²) < 4.78 is 10.7. The Morgan fingerprint density at radius 1 is 0.510 bits per heavy atom. The van der Waals surface area contributed by atoms with Crippen LogP contribution in [0.1, 0.15) is 110 Å². The number of amides is 4. The number of nitrogens with one attached hydrogen (secondary N) is 4. The average molecular weight is 681 g/mol. The first-order valence-electron chi connectivity index (χ1n) is 17.8. The van der Waals surface area contributed by atoms with Crippen molar-refractivity contribution in [2.75, 3.05) is 13.1 Å². The van der Waals surface area contributed by atoms with Crippen molar-refractivity contribution in [3.63, 3.8) is 0 Å². The molecule has 0 radical (unpaired) electrons. The van der Waals surface area contributed by atoms with Crippen molar-refractivity contribution in [2.24, 2.45) is 0 Å². The number of carbonyl (C=O) groups excluding carboxylic acids is 4. The van der Waals surface area contributed by atoms with E-state index in [1.807, 2.05) is 60.7 Å². The molecular formula is C39H60N4O6. The lowest BCUT2D eigenvalue weighted by molar-refractivity contribution is -0.123. The highest BCUT2D eigenvalue weighted by molar-refractivity contribution is 5.86. The minimum absolute atomic E-state index is 0.211. The van der Waals surface area contributed by atoms with E-state index < -0.39 is 35.5 Å². The zero-order chi connectivity index (χ0) is 36.1. The van der Waals surface area contributed by atoms with Gasteiger partial charge in [0.15, 0.2) is 0 Å². The number of hydrogen-bond acceptors (Lipinski definition) is 6. The topological polar surface area (TPSA) is 135 Å². The number of benzene rings is 2. The van der Waals surface area contributed by atoms with Crippen LogP contribution in [0.2, 0.25) is 0 Å². The number of unbranched alkanes of at least 4 members (excludes halogenated alkanes) is 8. The van der Waals surface area contributed by atoms with Gasteiger partial charge in [0.1, 0.15) is 23.3 Å². The summed E-state index contributed by atoms with van der Waals surface area (Å²) in [6.07, 6.45) is 9.00. The molecule has 2 atom stereocenters. The van der Waals surface area contributed by atoms with Gasteiger partial charge < -0.3 is 30.7 Å². The minimum atomic E-state index is -0.713. The summed E-state index contributed by atoms with van der Waals surface area (Å²) in [6.45, 7) is 11.9. The molecule has 10 nitrogen and oxygen atoms in total. The summed E-state index contributed by atoms with van der Waals surface area (Å²) in [5.41, 5.74) is 0.629. The van der Waals surface area contributed by atoms with Crippen LogP contribution in [0.4, 0.5) is 9.59 Å². The molecule has 272 valence electrons. The molecule has 0 aliphatic heterocycles. The zero-order valence-corrected chi connectivity index (χ0v) is 30.6. The third-order valence-corrected chi connectivity index (χ3v) is 7.53. The first-order valence-corrected chi connectivity index (χ1v) is 17.8. The summed E-state index contributed by atoms with van der Waals surface area (Å²) in [4.78, 5) is 50.6. The predicted octanol–water partition coefficient (Wildman–Crippen LogP) is 7.00. The van der Waals surface area contributed by atoms with E-state index in [0.717, 1.165) is 68.9 Å². The Labute approximate surface area is 293 Å². The molecule has 2 rings (SSSR count). The number of hydrogen-bond donors (Lipinski definition) is 4. The van der Waals surface area contributed by atoms with Crippen molar-refractivity contribution >= 4 is 24.0 Å². The standard InChI is InChI=1S/C39H60N4O6/c1-38(2,3)48-36(46)42-32(28-30-22-16-14-17-23-30)34(44)40-26-20-12-10-8-7-9-11-13-21-27-41-35(45)33(29-31-24-18-15-19-25-31)43-37(47)49-39(4,5)6/h14-19,22-25,32-33H,7-13,20-21,26-29H2,1-6H3,(H,40,44)(H,41,45)(H,42,46)(H,43,47)/t32-,33-/m0/s1. The summed E-state index contributed by atoms with van der Waals surface area (Å²) in [6, 6.07) is 17.8. The van der Waals surface area contributed by atoms with Crippen LogP contribution in [0.25, 0.3) is 0 Å². The highest BCUT2D eigenvalue weighted by Gasteiger charge is 2.26. The van der Waals surface area contributed by atoms with Gasteiger partial charge in [0.05, 0.1) is 0 Å². The summed E-state index contributed by atoms with van der Waals surface area (Å²) in [5.74, 6) is -0.422. The molecule has 0 bridgehead atoms. The fraction of sp³-hybridized carbons (Fsp3) is 0.590. The molecule has 4 amide bonds. The maximum absolute atomic E-state index is 12.9. The van der Waals surface area contributed by atoms with Crippen molar-refractivity contribution in [3.05, 3.63) is 71.8 Å². The Bertz CT molecular complexity index is 1160. The highest BCUT2D eigenvalue weighted by atomic mass is 16.6. The van der Waals surface area contributed by atoms with Gasteiger partial charge >= 0.3 is 12.2 Å². The lowest BCUT2D eigenvalue weighted by Crippen LogP contribution is -2.49. The van der Waals surface area contributed by atoms with Gasteiger partial charge in [-0.25, -0.2) is 9.59 Å². The Hall–Kier alpha value is -4.08. The SMILES string of the molecule is CC(C)(C)OC(=O)N[C@@H](Cc1ccccc1)C(=O)NCCCCCCCCCCCNC(=O)[C@H](Cc1ccccc1)NC(=O)OC(C)(C)C. The van der Waals surface area contributed by atoms with Crippen LogP contribution in [0.15, 0.2) is 60.7 Å². The van der Waals surface area contributed by atoms with Gasteiger partial charge in [-0.05, 0) is 65.5 Å². The second-order valence-electron chi connectivity index (χ2n) is 14.5. The monoisotopic (exact) mass is 680 g/mol. The molecule has 0 saturated heterocycles. The largest absolute Gasteiger partial charge is 0.444 e. The van der Waals surface area contributed by atoms with Gasteiger partial charge in [-0.2, -0.15) is 0 Å². The van der Waals surface area contributed by atoms with Crippen molar-refractivity contribution in [2.45, 2.75) is 135 Å². The maximum Gasteiger partial charge on any atom is 0.408 e. The Morgan fingerprint density at radius 3 is 1.12 bits per heavy atom. The second-order valence-corrected chi connectivity index (χ2v) is 14.5. The molecule has 49 heavy (non-hydrogen) atoms. The lowest BCUT2D eigenvalue weighted by atomic mass is 10.0. The van der Waals surface area contributed by atoms with Crippen LogP contribution >= 0.6 is 0 Å². The number of ether oxygens (including phenoxy) is 2. The molecule has 0 aliphatic carbocycles. The normalized spacial score (nSPS) is 12.7. The van der Waals surface area contributed by atoms with Crippen LogP contribution < -0.4 is 21.3 Å². The molecular weight excluding hydrogens is 620 g/mol. The third-order valence-electron chi connectivity index (χ3n) is 7.53. The summed E-state index contributed by atoms with van der Waals surface area (Å²) >= 11 is 0. The van der Waals surface area contributed by atoms with Crippen LogP contribution in [0.3, 0.4) is 0 Å². The highest BCUT2D eigenvalue weighted by Crippen LogP contribution is 2.12. The van der Waals surface area contributed by atoms with Crippen molar-refractivity contribution in [3.8, 4) is 0 Å². The smallest absolute Gasteiger partial charge is 0.408 e. The predicted molar refractivity (Wildman–Crippen MR) is 194 cm³/mol. The van der Waals surface area contributed by atoms with Crippen molar-refractivity contribution < 1.29 is 28.7 Å². The molecule has 0 aromatic heterocycles. The molecule has 0 aliphatic rings. The number of rotatable bonds is 20. The fourth-order valence-electron chi connectivity index (χ4n) is 5.17. The van der Waals surface area contributed by atoms with Gasteiger partial charge in [0.2, 0.25) is 11.8 Å². The van der Waals surface area contributed by atoms with Gasteiger partial charge in [-0.3, -0.25) is 9.59 Å². The fourth-order valence-corrected chi connectivity index (χ4v) is 5.17. The van der Waals surface area contributed by atoms with Crippen LogP contribution in [-0.2, 0) is 31.9 Å². The van der Waals surface area contributed by atoms with Gasteiger partial charge in [-0.15, -0.1) is 0 Å². The first kappa shape index (κ1) is 41.1. The lowest BCUT2D eigenvalue weighted by Gasteiger charge is -2.23. The Morgan fingerprint density at radius 2 is 0.816 bits per heavy atom. The molecule has 0 fully saturated rings. The molecule has 2 aromatic rings. The van der Waals surface area contributed by atoms with Crippen LogP contribution in [0.5, 0.6) is 0 Å². The number of alkyl carbamates (subject to hydrolysis) is 2. The molecule has 0 heterocycles. The van der Waals surface area contributed by atoms with Gasteiger partial charge in [0.25, 0.3) is 0 Å². The van der Waals surface area contributed by atoms with E-state index in [2.05, 4.69) is 21.3 Å². The van der Waals surface area contributed by atoms with Gasteiger partial charge in [-0.1, -0.05) is 106 Å². The third kappa shape index (κ3) is 20.1. The first-order chi connectivity index (χ1) is 23.2. The van der Waals surface area contributed by atoms with E-state index in [-0.39, 0.29) is 11.8 Å². The Kier molecular flexibility index (Phi) is 18.3. The molecule has 10 heteroatoms. The van der Waals surface area contributed by atoms with E-state index in [9.17, 15) is 19.2 Å². The van der Waals surface area contributed by atoms with E-state index in [4.69, 9.17) is 9.47 Å². The van der Waals surface area contributed by atoms with E-state index in [0.29, 0.717) is 25.9 Å². The summed E-state index contributed by atoms with van der Waals surface area (Å²) in [5, 5.41) is 11.4. The quantitative estimate of drug-likeness (QED) is 0.111. The van der Waals surface area contributed by atoms with Crippen LogP contribution in [-0.4, -0.2) is 60.4 Å². The van der Waals surface area contributed by atoms with E-state index in [1.165, 1.54) is 0 Å². The molecule has 0 unspecified atom stereocenters. The summed E-state index contributed by atoms with van der Waals surface area (Å²) in [7, 11) is 0. The molecule has 0 saturated carbocycles. The van der Waals surface area contributed by atoms with E-state index >= 15 is 0 Å². The van der Waals surface area contributed by atoms with Crippen LogP contribution in [0, 0.1) is 0 Å². The van der Waals surface area contributed by atoms with Crippen molar-refractivity contribution in [1.29, 1.82) is 0 Å². The molecule has 0 spiro atoms. The average Bonchev–Trinajstić information content (AvgIpc) is 3.01. The minimum Gasteiger partial charge on any atom is -0.444 e. The Balaban J connectivity index is 1.59. The van der Waals surface area contributed by atoms with Gasteiger partial charge in [0, 0.05) is 25.9 Å². The number of carbonyl (C=O) groups is 4. The second kappa shape index (κ2) is 21.8. The van der Waals surface area contributed by atoms with Crippen molar-refractivity contribution in [1.82, 2.24) is 21.3 Å². The molecule has 2 aromatic carbocycles. The molecule has 4 N–H and O–H groups in total. The maximum atomic E-state index is 12.9. The zero-order valence-electron chi connectivity index (χ0n) is 30.6.